The van der Waals surface area contributed by atoms with Crippen LogP contribution in [0.1, 0.15) is 23.7 Å². The first-order valence-electron chi connectivity index (χ1n) is 8.13. The van der Waals surface area contributed by atoms with Gasteiger partial charge in [-0.3, -0.25) is 4.79 Å². The van der Waals surface area contributed by atoms with Crippen LogP contribution < -0.4 is 14.8 Å². The predicted molar refractivity (Wildman–Crippen MR) is 109 cm³/mol. The van der Waals surface area contributed by atoms with E-state index in [0.717, 1.165) is 21.3 Å². The SMILES string of the molecule is COc1cccc([C@H]2O[C@H](CC(=O)O)C(=S)Nc3ccc(Br)cc32)c1OC. The maximum atomic E-state index is 11.3. The molecule has 8 heteroatoms. The Morgan fingerprint density at radius 1 is 1.26 bits per heavy atom. The van der Waals surface area contributed by atoms with Crippen LogP contribution in [0.3, 0.4) is 0 Å². The Balaban J connectivity index is 2.18. The van der Waals surface area contributed by atoms with E-state index in [9.17, 15) is 9.90 Å². The van der Waals surface area contributed by atoms with Crippen LogP contribution in [0.2, 0.25) is 0 Å². The predicted octanol–water partition coefficient (Wildman–Crippen LogP) is 4.17. The van der Waals surface area contributed by atoms with Gasteiger partial charge in [0.15, 0.2) is 11.5 Å². The van der Waals surface area contributed by atoms with Crippen molar-refractivity contribution in [3.05, 3.63) is 52.0 Å². The standard InChI is InChI=1S/C19H18BrNO5S/c1-24-14-5-3-4-11(18(14)25-2)17-12-8-10(20)6-7-13(12)21-19(27)15(26-17)9-16(22)23/h3-8,15,17H,9H2,1-2H3,(H,21,27)(H,22,23)/t15-,17-/m1/s1. The third-order valence-electron chi connectivity index (χ3n) is 4.22. The number of hydrogen-bond acceptors (Lipinski definition) is 5. The highest BCUT2D eigenvalue weighted by Gasteiger charge is 2.33. The molecule has 0 spiro atoms. The quantitative estimate of drug-likeness (QED) is 0.660. The molecular weight excluding hydrogens is 434 g/mol. The Morgan fingerprint density at radius 2 is 2.04 bits per heavy atom. The van der Waals surface area contributed by atoms with Crippen molar-refractivity contribution >= 4 is 44.8 Å². The average molecular weight is 452 g/mol. The van der Waals surface area contributed by atoms with Crippen molar-refractivity contribution < 1.29 is 24.1 Å². The number of anilines is 1. The summed E-state index contributed by atoms with van der Waals surface area (Å²) in [5.74, 6) is 0.0928. The molecule has 0 saturated carbocycles. The highest BCUT2D eigenvalue weighted by atomic mass is 79.9. The minimum Gasteiger partial charge on any atom is -0.493 e. The molecule has 2 atom stereocenters. The van der Waals surface area contributed by atoms with Gasteiger partial charge in [-0.05, 0) is 24.3 Å². The molecule has 0 bridgehead atoms. The molecule has 0 unspecified atom stereocenters. The van der Waals surface area contributed by atoms with Gasteiger partial charge < -0.3 is 24.6 Å². The zero-order valence-electron chi connectivity index (χ0n) is 14.7. The number of fused-ring (bicyclic) bond motifs is 1. The van der Waals surface area contributed by atoms with E-state index in [1.807, 2.05) is 30.3 Å². The number of ether oxygens (including phenoxy) is 3. The van der Waals surface area contributed by atoms with E-state index in [-0.39, 0.29) is 6.42 Å². The second kappa shape index (κ2) is 8.24. The third-order valence-corrected chi connectivity index (χ3v) is 5.08. The smallest absolute Gasteiger partial charge is 0.306 e. The number of carboxylic acid groups (broad SMARTS) is 1. The van der Waals surface area contributed by atoms with Crippen molar-refractivity contribution in [2.75, 3.05) is 19.5 Å². The van der Waals surface area contributed by atoms with E-state index in [1.165, 1.54) is 0 Å². The van der Waals surface area contributed by atoms with E-state index in [0.29, 0.717) is 16.5 Å². The fourth-order valence-corrected chi connectivity index (χ4v) is 3.66. The number of aliphatic carboxylic acids is 1. The molecule has 2 N–H and O–H groups in total. The number of thiocarbonyl (C=S) groups is 1. The summed E-state index contributed by atoms with van der Waals surface area (Å²) >= 11 is 8.87. The maximum absolute atomic E-state index is 11.3. The molecule has 1 aliphatic heterocycles. The van der Waals surface area contributed by atoms with Crippen LogP contribution >= 0.6 is 28.1 Å². The summed E-state index contributed by atoms with van der Waals surface area (Å²) in [4.78, 5) is 11.6. The molecule has 0 aliphatic carbocycles. The summed E-state index contributed by atoms with van der Waals surface area (Å²) in [6.45, 7) is 0. The van der Waals surface area contributed by atoms with Crippen LogP contribution in [-0.2, 0) is 9.53 Å². The minimum atomic E-state index is -0.993. The average Bonchev–Trinajstić information content (AvgIpc) is 2.77. The van der Waals surface area contributed by atoms with Crippen molar-refractivity contribution in [2.45, 2.75) is 18.6 Å². The Hall–Kier alpha value is -2.16. The molecule has 2 aromatic carbocycles. The third kappa shape index (κ3) is 4.07. The first-order valence-corrected chi connectivity index (χ1v) is 9.33. The highest BCUT2D eigenvalue weighted by molar-refractivity contribution is 9.10. The highest BCUT2D eigenvalue weighted by Crippen LogP contribution is 2.43. The van der Waals surface area contributed by atoms with Crippen LogP contribution in [0, 0.1) is 0 Å². The van der Waals surface area contributed by atoms with Crippen molar-refractivity contribution in [2.24, 2.45) is 0 Å². The molecule has 0 amide bonds. The van der Waals surface area contributed by atoms with Gasteiger partial charge in [0.05, 0.1) is 20.6 Å². The molecule has 1 aliphatic rings. The van der Waals surface area contributed by atoms with Crippen LogP contribution in [0.25, 0.3) is 0 Å². The normalized spacial score (nSPS) is 18.9. The van der Waals surface area contributed by atoms with Gasteiger partial charge in [-0.1, -0.05) is 40.3 Å². The van der Waals surface area contributed by atoms with Gasteiger partial charge in [-0.2, -0.15) is 0 Å². The Bertz CT molecular complexity index is 888. The molecule has 142 valence electrons. The van der Waals surface area contributed by atoms with Gasteiger partial charge in [0.2, 0.25) is 0 Å². The number of methoxy groups -OCH3 is 2. The van der Waals surface area contributed by atoms with Crippen LogP contribution in [0.5, 0.6) is 11.5 Å². The van der Waals surface area contributed by atoms with Crippen molar-refractivity contribution in [1.82, 2.24) is 0 Å². The number of hydrogen-bond donors (Lipinski definition) is 2. The summed E-state index contributed by atoms with van der Waals surface area (Å²) in [5.41, 5.74) is 2.29. The number of carbonyl (C=O) groups is 1. The second-order valence-corrected chi connectivity index (χ2v) is 7.26. The molecule has 0 radical (unpaired) electrons. The number of para-hydroxylation sites is 1. The van der Waals surface area contributed by atoms with Crippen LogP contribution in [-0.4, -0.2) is 36.4 Å². The zero-order valence-corrected chi connectivity index (χ0v) is 17.1. The molecule has 0 saturated heterocycles. The number of rotatable bonds is 5. The molecule has 1 heterocycles. The van der Waals surface area contributed by atoms with Gasteiger partial charge >= 0.3 is 5.97 Å². The summed E-state index contributed by atoms with van der Waals surface area (Å²) in [6.07, 6.45) is -1.63. The van der Waals surface area contributed by atoms with Crippen LogP contribution in [0.15, 0.2) is 40.9 Å². The molecule has 27 heavy (non-hydrogen) atoms. The van der Waals surface area contributed by atoms with Crippen molar-refractivity contribution in [3.8, 4) is 11.5 Å². The topological polar surface area (TPSA) is 77.0 Å². The van der Waals surface area contributed by atoms with Gasteiger partial charge in [-0.25, -0.2) is 0 Å². The maximum Gasteiger partial charge on any atom is 0.306 e. The fourth-order valence-electron chi connectivity index (χ4n) is 3.04. The number of carboxylic acids is 1. The summed E-state index contributed by atoms with van der Waals surface area (Å²) in [6, 6.07) is 11.2. The monoisotopic (exact) mass is 451 g/mol. The van der Waals surface area contributed by atoms with Gasteiger partial charge in [-0.15, -0.1) is 0 Å². The minimum absolute atomic E-state index is 0.246. The molecule has 2 aromatic rings. The van der Waals surface area contributed by atoms with Crippen molar-refractivity contribution in [3.63, 3.8) is 0 Å². The Kier molecular flexibility index (Phi) is 5.98. The lowest BCUT2D eigenvalue weighted by atomic mass is 9.98. The van der Waals surface area contributed by atoms with Crippen LogP contribution in [0.4, 0.5) is 5.69 Å². The first kappa shape index (κ1) is 19.6. The largest absolute Gasteiger partial charge is 0.493 e. The number of nitrogens with one attached hydrogen (secondary N) is 1. The lowest BCUT2D eigenvalue weighted by Gasteiger charge is -2.24. The zero-order chi connectivity index (χ0) is 19.6. The Morgan fingerprint density at radius 3 is 2.70 bits per heavy atom. The van der Waals surface area contributed by atoms with Gasteiger partial charge in [0.1, 0.15) is 17.2 Å². The lowest BCUT2D eigenvalue weighted by molar-refractivity contribution is -0.139. The second-order valence-electron chi connectivity index (χ2n) is 5.91. The van der Waals surface area contributed by atoms with Gasteiger partial charge in [0.25, 0.3) is 0 Å². The summed E-state index contributed by atoms with van der Waals surface area (Å²) in [5, 5.41) is 12.4. The molecular formula is C19H18BrNO5S. The van der Waals surface area contributed by atoms with E-state index in [4.69, 9.17) is 26.4 Å². The fraction of sp³-hybridized carbons (Fsp3) is 0.263. The molecule has 3 rings (SSSR count). The summed E-state index contributed by atoms with van der Waals surface area (Å²) in [7, 11) is 3.11. The summed E-state index contributed by atoms with van der Waals surface area (Å²) < 4.78 is 18.0. The molecule has 0 fully saturated rings. The van der Waals surface area contributed by atoms with E-state index < -0.39 is 18.2 Å². The lowest BCUT2D eigenvalue weighted by Crippen LogP contribution is -2.30. The number of halogens is 1. The van der Waals surface area contributed by atoms with E-state index >= 15 is 0 Å². The van der Waals surface area contributed by atoms with Crippen molar-refractivity contribution in [1.29, 1.82) is 0 Å². The number of benzene rings is 2. The first-order chi connectivity index (χ1) is 12.9. The van der Waals surface area contributed by atoms with E-state index in [2.05, 4.69) is 21.2 Å². The van der Waals surface area contributed by atoms with Gasteiger partial charge in [0, 0.05) is 21.3 Å². The Labute approximate surface area is 170 Å². The molecule has 0 aromatic heterocycles. The molecule has 6 nitrogen and oxygen atoms in total. The van der Waals surface area contributed by atoms with E-state index in [1.54, 1.807) is 20.3 Å².